The molecular weight excluding hydrogens is 372 g/mol. The maximum absolute atomic E-state index is 12.7. The number of carbonyl (C=O) groups excluding carboxylic acids is 1. The molecule has 1 aromatic heterocycles. The molecule has 29 heavy (non-hydrogen) atoms. The van der Waals surface area contributed by atoms with Gasteiger partial charge in [0.05, 0.1) is 19.9 Å². The van der Waals surface area contributed by atoms with Crippen molar-refractivity contribution in [1.29, 1.82) is 0 Å². The second-order valence-corrected chi connectivity index (χ2v) is 6.36. The highest BCUT2D eigenvalue weighted by molar-refractivity contribution is 6.06. The molecule has 0 saturated carbocycles. The van der Waals surface area contributed by atoms with E-state index < -0.39 is 11.5 Å². The fraction of sp³-hybridized carbons (Fsp3) is 0.273. The zero-order valence-electron chi connectivity index (χ0n) is 16.9. The van der Waals surface area contributed by atoms with Crippen LogP contribution in [0.3, 0.4) is 0 Å². The number of ether oxygens (including phenoxy) is 2. The van der Waals surface area contributed by atoms with E-state index in [9.17, 15) is 9.59 Å². The van der Waals surface area contributed by atoms with Crippen molar-refractivity contribution in [3.63, 3.8) is 0 Å². The fourth-order valence-electron chi connectivity index (χ4n) is 3.15. The first-order valence-corrected chi connectivity index (χ1v) is 9.36. The van der Waals surface area contributed by atoms with Crippen molar-refractivity contribution in [2.45, 2.75) is 13.8 Å². The van der Waals surface area contributed by atoms with Crippen LogP contribution in [0.2, 0.25) is 0 Å². The van der Waals surface area contributed by atoms with Crippen LogP contribution >= 0.6 is 0 Å². The van der Waals surface area contributed by atoms with E-state index in [0.717, 1.165) is 18.8 Å². The molecule has 0 unspecified atom stereocenters. The zero-order valence-corrected chi connectivity index (χ0v) is 16.9. The molecule has 3 aromatic rings. The lowest BCUT2D eigenvalue weighted by Crippen LogP contribution is -2.22. The minimum atomic E-state index is -0.700. The van der Waals surface area contributed by atoms with Gasteiger partial charge in [-0.2, -0.15) is 0 Å². The van der Waals surface area contributed by atoms with E-state index in [1.54, 1.807) is 18.2 Å². The topological polar surface area (TPSA) is 81.0 Å². The monoisotopic (exact) mass is 396 g/mol. The Kier molecular flexibility index (Phi) is 6.07. The Morgan fingerprint density at radius 2 is 1.79 bits per heavy atom. The molecule has 0 radical (unpaired) electrons. The highest BCUT2D eigenvalue weighted by atomic mass is 16.5. The van der Waals surface area contributed by atoms with Gasteiger partial charge in [-0.1, -0.05) is 0 Å². The van der Waals surface area contributed by atoms with Gasteiger partial charge >= 0.3 is 5.63 Å². The van der Waals surface area contributed by atoms with Gasteiger partial charge in [0.15, 0.2) is 0 Å². The van der Waals surface area contributed by atoms with Crippen LogP contribution in [-0.2, 0) is 0 Å². The molecule has 0 spiro atoms. The number of hydrogen-bond donors (Lipinski definition) is 1. The van der Waals surface area contributed by atoms with Crippen LogP contribution in [-0.4, -0.2) is 33.2 Å². The van der Waals surface area contributed by atoms with Crippen LogP contribution in [0.1, 0.15) is 24.2 Å². The summed E-state index contributed by atoms with van der Waals surface area (Å²) in [6.45, 7) is 5.80. The number of nitrogens with one attached hydrogen (secondary N) is 1. The Hall–Kier alpha value is -3.48. The molecule has 0 saturated heterocycles. The van der Waals surface area contributed by atoms with Crippen molar-refractivity contribution in [1.82, 2.24) is 0 Å². The summed E-state index contributed by atoms with van der Waals surface area (Å²) in [6.07, 6.45) is 0. The van der Waals surface area contributed by atoms with Crippen molar-refractivity contribution in [2.24, 2.45) is 0 Å². The minimum Gasteiger partial charge on any atom is -0.497 e. The van der Waals surface area contributed by atoms with Gasteiger partial charge in [0, 0.05) is 36.3 Å². The van der Waals surface area contributed by atoms with E-state index in [1.165, 1.54) is 20.3 Å². The van der Waals surface area contributed by atoms with Crippen molar-refractivity contribution >= 4 is 28.3 Å². The lowest BCUT2D eigenvalue weighted by Gasteiger charge is -2.21. The number of fused-ring (bicyclic) bond motifs is 1. The zero-order chi connectivity index (χ0) is 21.0. The molecule has 7 nitrogen and oxygen atoms in total. The summed E-state index contributed by atoms with van der Waals surface area (Å²) in [5.41, 5.74) is 1.01. The van der Waals surface area contributed by atoms with E-state index >= 15 is 0 Å². The molecule has 3 rings (SSSR count). The predicted octanol–water partition coefficient (Wildman–Crippen LogP) is 3.91. The first-order valence-electron chi connectivity index (χ1n) is 9.36. The summed E-state index contributed by atoms with van der Waals surface area (Å²) in [4.78, 5) is 27.4. The lowest BCUT2D eigenvalue weighted by molar-refractivity contribution is 0.102. The normalized spacial score (nSPS) is 10.6. The summed E-state index contributed by atoms with van der Waals surface area (Å²) in [5, 5.41) is 3.36. The number of rotatable bonds is 7. The van der Waals surface area contributed by atoms with E-state index in [2.05, 4.69) is 24.1 Å². The largest absolute Gasteiger partial charge is 0.497 e. The quantitative estimate of drug-likeness (QED) is 0.610. The lowest BCUT2D eigenvalue weighted by atomic mass is 10.1. The van der Waals surface area contributed by atoms with Gasteiger partial charge in [0.1, 0.15) is 22.6 Å². The molecule has 2 aromatic carbocycles. The molecule has 0 aliphatic heterocycles. The molecule has 1 heterocycles. The maximum atomic E-state index is 12.7. The van der Waals surface area contributed by atoms with Gasteiger partial charge in [0.25, 0.3) is 5.91 Å². The number of benzene rings is 2. The van der Waals surface area contributed by atoms with Crippen LogP contribution in [0.15, 0.2) is 51.7 Å². The number of methoxy groups -OCH3 is 2. The standard InChI is InChI=1S/C22H24N2O5/c1-5-24(6-2)15-8-7-14-11-17(22(26)29-20(14)12-15)21(25)23-18-13-16(27-3)9-10-19(18)28-4/h7-13H,5-6H2,1-4H3,(H,23,25). The fourth-order valence-corrected chi connectivity index (χ4v) is 3.15. The number of anilines is 2. The first kappa shape index (κ1) is 20.3. The highest BCUT2D eigenvalue weighted by Crippen LogP contribution is 2.29. The van der Waals surface area contributed by atoms with Gasteiger partial charge in [-0.15, -0.1) is 0 Å². The number of amides is 1. The molecule has 1 N–H and O–H groups in total. The van der Waals surface area contributed by atoms with Gasteiger partial charge < -0.3 is 24.1 Å². The number of carbonyl (C=O) groups is 1. The Bertz CT molecular complexity index is 1090. The molecular formula is C22H24N2O5. The number of nitrogens with zero attached hydrogens (tertiary/aromatic N) is 1. The van der Waals surface area contributed by atoms with Crippen LogP contribution < -0.4 is 25.3 Å². The molecule has 0 atom stereocenters. The summed E-state index contributed by atoms with van der Waals surface area (Å²) in [5.74, 6) is 0.420. The second-order valence-electron chi connectivity index (χ2n) is 6.36. The van der Waals surface area contributed by atoms with Gasteiger partial charge in [-0.25, -0.2) is 4.79 Å². The van der Waals surface area contributed by atoms with Crippen molar-refractivity contribution < 1.29 is 18.7 Å². The minimum absolute atomic E-state index is 0.0852. The highest BCUT2D eigenvalue weighted by Gasteiger charge is 2.17. The average molecular weight is 396 g/mol. The number of hydrogen-bond acceptors (Lipinski definition) is 6. The van der Waals surface area contributed by atoms with Crippen LogP contribution in [0, 0.1) is 0 Å². The molecule has 7 heteroatoms. The third-order valence-corrected chi connectivity index (χ3v) is 4.75. The molecule has 0 aliphatic rings. The summed E-state index contributed by atoms with van der Waals surface area (Å²) in [7, 11) is 3.02. The van der Waals surface area contributed by atoms with Gasteiger partial charge in [0.2, 0.25) is 0 Å². The van der Waals surface area contributed by atoms with E-state index in [1.807, 2.05) is 18.2 Å². The average Bonchev–Trinajstić information content (AvgIpc) is 2.73. The third kappa shape index (κ3) is 4.18. The second kappa shape index (κ2) is 8.68. The van der Waals surface area contributed by atoms with Gasteiger partial charge in [-0.3, -0.25) is 4.79 Å². The summed E-state index contributed by atoms with van der Waals surface area (Å²) < 4.78 is 15.9. The Labute approximate surface area is 168 Å². The van der Waals surface area contributed by atoms with E-state index in [0.29, 0.717) is 28.2 Å². The Morgan fingerprint density at radius 3 is 2.45 bits per heavy atom. The molecule has 152 valence electrons. The van der Waals surface area contributed by atoms with E-state index in [4.69, 9.17) is 13.9 Å². The third-order valence-electron chi connectivity index (χ3n) is 4.75. The Balaban J connectivity index is 1.95. The van der Waals surface area contributed by atoms with Crippen LogP contribution in [0.4, 0.5) is 11.4 Å². The van der Waals surface area contributed by atoms with E-state index in [-0.39, 0.29) is 5.56 Å². The molecule has 0 aliphatic carbocycles. The SMILES string of the molecule is CCN(CC)c1ccc2cc(C(=O)Nc3cc(OC)ccc3OC)c(=O)oc2c1. The summed E-state index contributed by atoms with van der Waals surface area (Å²) in [6, 6.07) is 12.1. The van der Waals surface area contributed by atoms with Crippen molar-refractivity contribution in [3.05, 3.63) is 58.4 Å². The smallest absolute Gasteiger partial charge is 0.349 e. The van der Waals surface area contributed by atoms with Crippen molar-refractivity contribution in [3.8, 4) is 11.5 Å². The maximum Gasteiger partial charge on any atom is 0.349 e. The van der Waals surface area contributed by atoms with Crippen molar-refractivity contribution in [2.75, 3.05) is 37.5 Å². The predicted molar refractivity (Wildman–Crippen MR) is 114 cm³/mol. The van der Waals surface area contributed by atoms with Crippen LogP contribution in [0.25, 0.3) is 11.0 Å². The summed E-state index contributed by atoms with van der Waals surface area (Å²) >= 11 is 0. The molecule has 0 bridgehead atoms. The Morgan fingerprint density at radius 1 is 1.03 bits per heavy atom. The molecule has 1 amide bonds. The van der Waals surface area contributed by atoms with Crippen LogP contribution in [0.5, 0.6) is 11.5 Å². The molecule has 0 fully saturated rings. The van der Waals surface area contributed by atoms with Gasteiger partial charge in [-0.05, 0) is 44.2 Å². The first-order chi connectivity index (χ1) is 14.0.